The largest absolute Gasteiger partial charge is 0.481 e. The zero-order chi connectivity index (χ0) is 25.3. The Bertz CT molecular complexity index is 1140. The van der Waals surface area contributed by atoms with Gasteiger partial charge in [0.05, 0.1) is 17.6 Å². The van der Waals surface area contributed by atoms with E-state index in [2.05, 4.69) is 23.1 Å². The number of hydrogen-bond donors (Lipinski definition) is 1. The molecule has 0 radical (unpaired) electrons. The number of carbonyl (C=O) groups excluding carboxylic acids is 1. The fourth-order valence-corrected chi connectivity index (χ4v) is 7.44. The second-order valence-corrected chi connectivity index (χ2v) is 11.7. The summed E-state index contributed by atoms with van der Waals surface area (Å²) in [4.78, 5) is 28.3. The zero-order valence-corrected chi connectivity index (χ0v) is 21.3. The van der Waals surface area contributed by atoms with Gasteiger partial charge in [0.1, 0.15) is 6.10 Å². The van der Waals surface area contributed by atoms with E-state index in [4.69, 9.17) is 18.9 Å². The minimum atomic E-state index is -1.48. The first kappa shape index (κ1) is 23.8. The number of benzene rings is 1. The van der Waals surface area contributed by atoms with Gasteiger partial charge in [-0.15, -0.1) is 0 Å². The molecule has 6 rings (SSSR count). The average Bonchev–Trinajstić information content (AvgIpc) is 3.46. The number of carbonyl (C=O) groups is 2. The normalized spacial score (nSPS) is 34.2. The number of esters is 1. The first-order valence-corrected chi connectivity index (χ1v) is 13.1. The Morgan fingerprint density at radius 1 is 1.11 bits per heavy atom. The Labute approximate surface area is 211 Å². The highest BCUT2D eigenvalue weighted by Gasteiger charge is 2.58. The number of hydrogen-bond acceptors (Lipinski definition) is 7. The van der Waals surface area contributed by atoms with Crippen molar-refractivity contribution in [3.8, 4) is 11.5 Å². The molecule has 1 N–H and O–H groups in total. The summed E-state index contributed by atoms with van der Waals surface area (Å²) < 4.78 is 24.0. The van der Waals surface area contributed by atoms with Gasteiger partial charge in [-0.2, -0.15) is 0 Å². The van der Waals surface area contributed by atoms with E-state index in [1.54, 1.807) is 0 Å². The molecule has 0 bridgehead atoms. The van der Waals surface area contributed by atoms with E-state index in [0.717, 1.165) is 61.4 Å². The highest BCUT2D eigenvalue weighted by atomic mass is 16.7. The summed E-state index contributed by atoms with van der Waals surface area (Å²) in [5, 5.41) is 9.70. The van der Waals surface area contributed by atoms with E-state index in [-0.39, 0.29) is 18.2 Å². The Balaban J connectivity index is 1.40. The van der Waals surface area contributed by atoms with E-state index in [1.165, 1.54) is 5.56 Å². The van der Waals surface area contributed by atoms with Crippen LogP contribution in [0.5, 0.6) is 11.5 Å². The molecule has 194 valence electrons. The lowest BCUT2D eigenvalue weighted by molar-refractivity contribution is -0.215. The second kappa shape index (κ2) is 8.21. The minimum Gasteiger partial charge on any atom is -0.481 e. The van der Waals surface area contributed by atoms with Crippen molar-refractivity contribution in [3.05, 3.63) is 34.9 Å². The van der Waals surface area contributed by atoms with Gasteiger partial charge in [0, 0.05) is 12.5 Å². The maximum atomic E-state index is 13.9. The van der Waals surface area contributed by atoms with Crippen molar-refractivity contribution < 1.29 is 33.6 Å². The average molecular weight is 498 g/mol. The predicted molar refractivity (Wildman–Crippen MR) is 130 cm³/mol. The summed E-state index contributed by atoms with van der Waals surface area (Å²) in [6, 6.07) is 4.16. The SMILES string of the molecule is CC1=C[C@]23CCCN2CCc2cc4c(cc2[C@@H]3C1OC(=O)C1(CC(=O)O)CCCC(C)(C)O1)OCO4. The summed E-state index contributed by atoms with van der Waals surface area (Å²) in [7, 11) is 0. The summed E-state index contributed by atoms with van der Waals surface area (Å²) in [5.41, 5.74) is 1.02. The Morgan fingerprint density at radius 2 is 1.89 bits per heavy atom. The smallest absolute Gasteiger partial charge is 0.339 e. The molecule has 2 saturated heterocycles. The van der Waals surface area contributed by atoms with Crippen molar-refractivity contribution in [1.82, 2.24) is 4.90 Å². The molecule has 1 aromatic rings. The van der Waals surface area contributed by atoms with Gasteiger partial charge < -0.3 is 24.1 Å². The van der Waals surface area contributed by atoms with Gasteiger partial charge in [0.2, 0.25) is 6.79 Å². The summed E-state index contributed by atoms with van der Waals surface area (Å²) in [5.74, 6) is -0.240. The highest BCUT2D eigenvalue weighted by molar-refractivity contribution is 5.86. The minimum absolute atomic E-state index is 0.102. The fourth-order valence-electron chi connectivity index (χ4n) is 7.44. The molecule has 2 unspecified atom stereocenters. The molecule has 5 aliphatic rings. The molecule has 0 amide bonds. The fraction of sp³-hybridized carbons (Fsp3) is 0.643. The Hall–Kier alpha value is -2.58. The standard InChI is InChI=1S/C28H35NO7/c1-17-14-27-8-5-10-29(27)11-6-18-12-20-21(34-16-33-20)13-19(18)23(27)24(17)35-25(32)28(15-22(30)31)9-4-7-26(2,3)36-28/h12-14,23-24H,4-11,15-16H2,1-3H3,(H,30,31)/t23-,24?,27+,28?/m1/s1. The molecule has 0 saturated carbocycles. The molecule has 2 fully saturated rings. The van der Waals surface area contributed by atoms with Crippen LogP contribution >= 0.6 is 0 Å². The van der Waals surface area contributed by atoms with E-state index in [9.17, 15) is 14.7 Å². The molecule has 8 nitrogen and oxygen atoms in total. The van der Waals surface area contributed by atoms with Crippen molar-refractivity contribution in [3.63, 3.8) is 0 Å². The van der Waals surface area contributed by atoms with E-state index >= 15 is 0 Å². The third-order valence-electron chi connectivity index (χ3n) is 8.86. The van der Waals surface area contributed by atoms with Crippen LogP contribution in [0.3, 0.4) is 0 Å². The van der Waals surface area contributed by atoms with Gasteiger partial charge in [-0.05, 0) is 94.7 Å². The molecule has 0 aromatic heterocycles. The Morgan fingerprint density at radius 3 is 2.64 bits per heavy atom. The Kier molecular flexibility index (Phi) is 5.43. The quantitative estimate of drug-likeness (QED) is 0.494. The van der Waals surface area contributed by atoms with Gasteiger partial charge in [0.25, 0.3) is 0 Å². The van der Waals surface area contributed by atoms with Crippen LogP contribution in [-0.4, -0.2) is 64.7 Å². The molecule has 4 aliphatic heterocycles. The molecule has 8 heteroatoms. The van der Waals surface area contributed by atoms with Crippen molar-refractivity contribution in [2.75, 3.05) is 19.9 Å². The maximum absolute atomic E-state index is 13.9. The third-order valence-corrected chi connectivity index (χ3v) is 8.86. The number of aliphatic carboxylic acids is 1. The van der Waals surface area contributed by atoms with Crippen LogP contribution in [0, 0.1) is 0 Å². The predicted octanol–water partition coefficient (Wildman–Crippen LogP) is 3.95. The molecular weight excluding hydrogens is 462 g/mol. The van der Waals surface area contributed by atoms with E-state index < -0.39 is 35.7 Å². The topological polar surface area (TPSA) is 94.5 Å². The van der Waals surface area contributed by atoms with Crippen LogP contribution < -0.4 is 9.47 Å². The van der Waals surface area contributed by atoms with Crippen LogP contribution in [0.15, 0.2) is 23.8 Å². The van der Waals surface area contributed by atoms with Crippen molar-refractivity contribution in [2.45, 2.75) is 94.5 Å². The lowest BCUT2D eigenvalue weighted by Gasteiger charge is -2.44. The van der Waals surface area contributed by atoms with Gasteiger partial charge in [-0.25, -0.2) is 4.79 Å². The highest BCUT2D eigenvalue weighted by Crippen LogP contribution is 2.55. The molecule has 36 heavy (non-hydrogen) atoms. The first-order valence-electron chi connectivity index (χ1n) is 13.1. The number of nitrogens with zero attached hydrogens (tertiary/aromatic N) is 1. The van der Waals surface area contributed by atoms with Crippen molar-refractivity contribution in [2.24, 2.45) is 0 Å². The number of ether oxygens (including phenoxy) is 4. The molecule has 1 spiro atoms. The molecule has 1 aliphatic carbocycles. The van der Waals surface area contributed by atoms with Gasteiger partial charge in [-0.1, -0.05) is 6.08 Å². The summed E-state index contributed by atoms with van der Waals surface area (Å²) >= 11 is 0. The summed E-state index contributed by atoms with van der Waals surface area (Å²) in [6.45, 7) is 7.98. The lowest BCUT2D eigenvalue weighted by Crippen LogP contribution is -2.54. The van der Waals surface area contributed by atoms with E-state index in [0.29, 0.717) is 12.8 Å². The lowest BCUT2D eigenvalue weighted by atomic mass is 9.77. The molecule has 4 heterocycles. The number of carboxylic acids is 1. The number of fused-ring (bicyclic) bond motifs is 3. The second-order valence-electron chi connectivity index (χ2n) is 11.7. The molecule has 4 atom stereocenters. The van der Waals surface area contributed by atoms with Crippen LogP contribution in [0.1, 0.15) is 76.3 Å². The zero-order valence-electron chi connectivity index (χ0n) is 21.3. The monoisotopic (exact) mass is 497 g/mol. The molecule has 1 aromatic carbocycles. The van der Waals surface area contributed by atoms with Crippen LogP contribution in [0.25, 0.3) is 0 Å². The van der Waals surface area contributed by atoms with Crippen LogP contribution in [0.4, 0.5) is 0 Å². The first-order chi connectivity index (χ1) is 17.1. The number of carboxylic acid groups (broad SMARTS) is 1. The summed E-state index contributed by atoms with van der Waals surface area (Å²) in [6.07, 6.45) is 6.18. The number of rotatable bonds is 4. The molecular formula is C28H35NO7. The third kappa shape index (κ3) is 3.64. The van der Waals surface area contributed by atoms with E-state index in [1.807, 2.05) is 20.8 Å². The van der Waals surface area contributed by atoms with Gasteiger partial charge >= 0.3 is 11.9 Å². The van der Waals surface area contributed by atoms with Crippen LogP contribution in [0.2, 0.25) is 0 Å². The van der Waals surface area contributed by atoms with Crippen molar-refractivity contribution >= 4 is 11.9 Å². The van der Waals surface area contributed by atoms with Gasteiger partial charge in [0.15, 0.2) is 17.1 Å². The maximum Gasteiger partial charge on any atom is 0.339 e. The van der Waals surface area contributed by atoms with Crippen molar-refractivity contribution in [1.29, 1.82) is 0 Å². The van der Waals surface area contributed by atoms with Crippen LogP contribution in [-0.2, 0) is 25.5 Å². The van der Waals surface area contributed by atoms with Gasteiger partial charge in [-0.3, -0.25) is 9.69 Å².